The maximum atomic E-state index is 10.9. The summed E-state index contributed by atoms with van der Waals surface area (Å²) in [5.74, 6) is -0.132. The van der Waals surface area contributed by atoms with E-state index in [9.17, 15) is 4.79 Å². The summed E-state index contributed by atoms with van der Waals surface area (Å²) in [4.78, 5) is 15.3. The van der Waals surface area contributed by atoms with Gasteiger partial charge in [-0.3, -0.25) is 10.1 Å². The van der Waals surface area contributed by atoms with Crippen molar-refractivity contribution >= 4 is 35.0 Å². The molecule has 3 rings (SSSR count). The number of hydrogen-bond acceptors (Lipinski definition) is 4. The van der Waals surface area contributed by atoms with Gasteiger partial charge in [0.1, 0.15) is 18.0 Å². The largest absolute Gasteiger partial charge is 0.480 e. The molecule has 0 spiro atoms. The van der Waals surface area contributed by atoms with Crippen molar-refractivity contribution < 1.29 is 9.90 Å². The van der Waals surface area contributed by atoms with Gasteiger partial charge >= 0.3 is 5.97 Å². The van der Waals surface area contributed by atoms with E-state index in [0.29, 0.717) is 22.3 Å². The molecular formula is C12H11Cl2N3O2. The van der Waals surface area contributed by atoms with Crippen LogP contribution in [0.3, 0.4) is 0 Å². The smallest absolute Gasteiger partial charge is 0.320 e. The number of amidine groups is 1. The van der Waals surface area contributed by atoms with Gasteiger partial charge in [-0.15, -0.1) is 0 Å². The number of fused-ring (bicyclic) bond motifs is 1. The van der Waals surface area contributed by atoms with Crippen LogP contribution in [0.5, 0.6) is 0 Å². The maximum Gasteiger partial charge on any atom is 0.320 e. The van der Waals surface area contributed by atoms with Gasteiger partial charge in [0.15, 0.2) is 0 Å². The van der Waals surface area contributed by atoms with Crippen molar-refractivity contribution in [3.8, 4) is 0 Å². The third-order valence-electron chi connectivity index (χ3n) is 3.32. The fourth-order valence-electron chi connectivity index (χ4n) is 2.36. The number of benzene rings is 1. The molecule has 0 bridgehead atoms. The van der Waals surface area contributed by atoms with Gasteiger partial charge in [-0.25, -0.2) is 4.99 Å². The highest BCUT2D eigenvalue weighted by Crippen LogP contribution is 2.25. The number of aliphatic carboxylic acids is 1. The average molecular weight is 300 g/mol. The monoisotopic (exact) mass is 299 g/mol. The van der Waals surface area contributed by atoms with Gasteiger partial charge in [-0.05, 0) is 24.6 Å². The molecule has 0 saturated carbocycles. The fourth-order valence-corrected chi connectivity index (χ4v) is 2.66. The molecule has 3 atom stereocenters. The van der Waals surface area contributed by atoms with Gasteiger partial charge in [0.05, 0.1) is 16.1 Å². The second-order valence-electron chi connectivity index (χ2n) is 4.60. The molecular weight excluding hydrogens is 289 g/mol. The second-order valence-corrected chi connectivity index (χ2v) is 5.41. The summed E-state index contributed by atoms with van der Waals surface area (Å²) < 4.78 is 0. The van der Waals surface area contributed by atoms with E-state index in [1.54, 1.807) is 12.1 Å². The molecule has 100 valence electrons. The number of nitrogens with zero attached hydrogens (tertiary/aromatic N) is 1. The highest BCUT2D eigenvalue weighted by atomic mass is 35.5. The van der Waals surface area contributed by atoms with Crippen molar-refractivity contribution in [3.05, 3.63) is 33.8 Å². The molecule has 1 saturated heterocycles. The summed E-state index contributed by atoms with van der Waals surface area (Å²) in [5, 5.41) is 16.1. The highest BCUT2D eigenvalue weighted by molar-refractivity contribution is 6.42. The zero-order valence-corrected chi connectivity index (χ0v) is 11.2. The van der Waals surface area contributed by atoms with Crippen LogP contribution in [0.25, 0.3) is 0 Å². The first-order valence-electron chi connectivity index (χ1n) is 5.83. The van der Waals surface area contributed by atoms with E-state index in [1.165, 1.54) is 0 Å². The Hall–Kier alpha value is -1.30. The van der Waals surface area contributed by atoms with Gasteiger partial charge < -0.3 is 10.4 Å². The molecule has 3 N–H and O–H groups in total. The number of carboxylic acid groups (broad SMARTS) is 1. The number of carbonyl (C=O) groups is 1. The number of nitrogens with one attached hydrogen (secondary N) is 2. The maximum absolute atomic E-state index is 10.9. The lowest BCUT2D eigenvalue weighted by Crippen LogP contribution is -2.35. The molecule has 5 nitrogen and oxygen atoms in total. The molecule has 19 heavy (non-hydrogen) atoms. The van der Waals surface area contributed by atoms with Crippen LogP contribution in [0.1, 0.15) is 12.0 Å². The van der Waals surface area contributed by atoms with Gasteiger partial charge in [0, 0.05) is 5.56 Å². The van der Waals surface area contributed by atoms with E-state index >= 15 is 0 Å². The van der Waals surface area contributed by atoms with Gasteiger partial charge in [0.2, 0.25) is 0 Å². The average Bonchev–Trinajstić information content (AvgIpc) is 2.90. The predicted octanol–water partition coefficient (Wildman–Crippen LogP) is 1.48. The summed E-state index contributed by atoms with van der Waals surface area (Å²) in [7, 11) is 0. The van der Waals surface area contributed by atoms with Crippen molar-refractivity contribution in [1.82, 2.24) is 10.6 Å². The Morgan fingerprint density at radius 1 is 1.37 bits per heavy atom. The number of rotatable bonds is 2. The minimum atomic E-state index is -0.845. The van der Waals surface area contributed by atoms with Crippen molar-refractivity contribution in [3.63, 3.8) is 0 Å². The minimum Gasteiger partial charge on any atom is -0.480 e. The SMILES string of the molecule is O=C(O)C1C[C@H]2NC(c3ccc(Cl)c(Cl)c3)=N[C@@H]2N1. The quantitative estimate of drug-likeness (QED) is 0.773. The van der Waals surface area contributed by atoms with Crippen molar-refractivity contribution in [2.45, 2.75) is 24.7 Å². The first-order valence-corrected chi connectivity index (χ1v) is 6.59. The number of hydrogen-bond donors (Lipinski definition) is 3. The Labute approximate surface area is 119 Å². The van der Waals surface area contributed by atoms with Gasteiger partial charge in [-0.2, -0.15) is 0 Å². The number of aliphatic imine (C=N–C) groups is 1. The molecule has 2 heterocycles. The van der Waals surface area contributed by atoms with Crippen LogP contribution in [0.4, 0.5) is 0 Å². The van der Waals surface area contributed by atoms with Gasteiger partial charge in [-0.1, -0.05) is 23.2 Å². The molecule has 0 aliphatic carbocycles. The molecule has 0 aromatic heterocycles. The van der Waals surface area contributed by atoms with Crippen LogP contribution in [0, 0.1) is 0 Å². The Bertz CT molecular complexity index is 576. The van der Waals surface area contributed by atoms with E-state index in [2.05, 4.69) is 15.6 Å². The first-order chi connectivity index (χ1) is 9.04. The summed E-state index contributed by atoms with van der Waals surface area (Å²) in [6.45, 7) is 0. The zero-order valence-electron chi connectivity index (χ0n) is 9.73. The molecule has 1 aromatic carbocycles. The number of halogens is 2. The predicted molar refractivity (Wildman–Crippen MR) is 72.9 cm³/mol. The van der Waals surface area contributed by atoms with E-state index < -0.39 is 12.0 Å². The standard InChI is InChI=1S/C12H11Cl2N3O2/c13-6-2-1-5(3-7(6)14)10-15-8-4-9(12(18)19)16-11(8)17-10/h1-3,8-9,11,16H,4H2,(H,15,17)(H,18,19)/t8-,9?,11+/m1/s1. The second kappa shape index (κ2) is 4.67. The van der Waals surface area contributed by atoms with Crippen LogP contribution in [0.2, 0.25) is 10.0 Å². The Morgan fingerprint density at radius 3 is 2.79 bits per heavy atom. The van der Waals surface area contributed by atoms with E-state index in [4.69, 9.17) is 28.3 Å². The Morgan fingerprint density at radius 2 is 2.16 bits per heavy atom. The molecule has 1 fully saturated rings. The topological polar surface area (TPSA) is 73.7 Å². The Kier molecular flexibility index (Phi) is 3.12. The molecule has 0 radical (unpaired) electrons. The normalized spacial score (nSPS) is 28.7. The lowest BCUT2D eigenvalue weighted by atomic mass is 10.1. The summed E-state index contributed by atoms with van der Waals surface area (Å²) >= 11 is 11.8. The Balaban J connectivity index is 1.80. The van der Waals surface area contributed by atoms with Crippen LogP contribution in [-0.2, 0) is 4.79 Å². The van der Waals surface area contributed by atoms with E-state index in [-0.39, 0.29) is 12.2 Å². The van der Waals surface area contributed by atoms with Crippen LogP contribution < -0.4 is 10.6 Å². The lowest BCUT2D eigenvalue weighted by Gasteiger charge is -2.09. The van der Waals surface area contributed by atoms with Crippen molar-refractivity contribution in [2.24, 2.45) is 4.99 Å². The third kappa shape index (κ3) is 2.29. The summed E-state index contributed by atoms with van der Waals surface area (Å²) in [6.07, 6.45) is 0.305. The van der Waals surface area contributed by atoms with Crippen LogP contribution in [0.15, 0.2) is 23.2 Å². The van der Waals surface area contributed by atoms with E-state index in [0.717, 1.165) is 5.56 Å². The molecule has 1 unspecified atom stereocenters. The first kappa shape index (κ1) is 12.7. The van der Waals surface area contributed by atoms with Crippen LogP contribution in [-0.4, -0.2) is 35.2 Å². The summed E-state index contributed by atoms with van der Waals surface area (Å²) in [6, 6.07) is 4.75. The molecule has 0 amide bonds. The minimum absolute atomic E-state index is 0.00514. The lowest BCUT2D eigenvalue weighted by molar-refractivity contribution is -0.139. The van der Waals surface area contributed by atoms with Crippen LogP contribution >= 0.6 is 23.2 Å². The molecule has 2 aliphatic heterocycles. The molecule has 1 aromatic rings. The van der Waals surface area contributed by atoms with E-state index in [1.807, 2.05) is 6.07 Å². The summed E-state index contributed by atoms with van der Waals surface area (Å²) in [5.41, 5.74) is 0.845. The molecule has 7 heteroatoms. The van der Waals surface area contributed by atoms with Crippen molar-refractivity contribution in [2.75, 3.05) is 0 Å². The van der Waals surface area contributed by atoms with Gasteiger partial charge in [0.25, 0.3) is 0 Å². The third-order valence-corrected chi connectivity index (χ3v) is 4.06. The number of carboxylic acids is 1. The van der Waals surface area contributed by atoms with Crippen molar-refractivity contribution in [1.29, 1.82) is 0 Å². The molecule has 2 aliphatic rings. The highest BCUT2D eigenvalue weighted by Gasteiger charge is 2.41. The zero-order chi connectivity index (χ0) is 13.6. The fraction of sp³-hybridized carbons (Fsp3) is 0.333.